The fourth-order valence-electron chi connectivity index (χ4n) is 1.57. The molecule has 3 aromatic heterocycles. The van der Waals surface area contributed by atoms with Gasteiger partial charge in [0.2, 0.25) is 0 Å². The monoisotopic (exact) mass is 326 g/mol. The number of hydrogen-bond donors (Lipinski definition) is 0. The molecule has 0 atom stereocenters. The minimum absolute atomic E-state index is 1.19. The Labute approximate surface area is 114 Å². The van der Waals surface area contributed by atoms with Crippen molar-refractivity contribution in [3.05, 3.63) is 44.9 Å². The summed E-state index contributed by atoms with van der Waals surface area (Å²) in [7, 11) is 0. The van der Waals surface area contributed by atoms with Gasteiger partial charge >= 0.3 is 0 Å². The Morgan fingerprint density at radius 2 is 1.62 bits per heavy atom. The van der Waals surface area contributed by atoms with E-state index in [1.165, 1.54) is 24.7 Å². The van der Waals surface area contributed by atoms with Crippen molar-refractivity contribution in [1.82, 2.24) is 0 Å². The second kappa shape index (κ2) is 4.45. The first-order chi connectivity index (χ1) is 7.86. The molecule has 3 heterocycles. The summed E-state index contributed by atoms with van der Waals surface area (Å²) in [6.45, 7) is 0. The van der Waals surface area contributed by atoms with Crippen molar-refractivity contribution in [2.45, 2.75) is 0 Å². The maximum Gasteiger partial charge on any atom is 0.0591 e. The molecule has 0 spiro atoms. The van der Waals surface area contributed by atoms with Crippen LogP contribution < -0.4 is 0 Å². The van der Waals surface area contributed by atoms with Crippen molar-refractivity contribution in [3.63, 3.8) is 0 Å². The highest BCUT2D eigenvalue weighted by atomic mass is 79.9. The first-order valence-corrected chi connectivity index (χ1v) is 8.14. The highest BCUT2D eigenvalue weighted by molar-refractivity contribution is 9.10. The molecule has 0 aliphatic rings. The summed E-state index contributed by atoms with van der Waals surface area (Å²) in [4.78, 5) is 4.04. The lowest BCUT2D eigenvalue weighted by Gasteiger charge is -1.99. The topological polar surface area (TPSA) is 0 Å². The highest BCUT2D eigenvalue weighted by Crippen LogP contribution is 2.43. The zero-order valence-corrected chi connectivity index (χ0v) is 12.2. The van der Waals surface area contributed by atoms with Gasteiger partial charge in [-0.2, -0.15) is 0 Å². The summed E-state index contributed by atoms with van der Waals surface area (Å²) in [5.74, 6) is 0. The number of thiophene rings is 3. The third-order valence-electron chi connectivity index (χ3n) is 2.28. The molecule has 0 aliphatic heterocycles. The molecular weight excluding hydrogens is 320 g/mol. The summed E-state index contributed by atoms with van der Waals surface area (Å²) >= 11 is 8.99. The molecule has 16 heavy (non-hydrogen) atoms. The molecule has 0 nitrogen and oxygen atoms in total. The Hall–Kier alpha value is -0.420. The van der Waals surface area contributed by atoms with Crippen LogP contribution in [-0.2, 0) is 0 Å². The van der Waals surface area contributed by atoms with E-state index in [0.29, 0.717) is 0 Å². The average molecular weight is 327 g/mol. The van der Waals surface area contributed by atoms with E-state index in [0.717, 1.165) is 0 Å². The molecule has 0 N–H and O–H groups in total. The van der Waals surface area contributed by atoms with Gasteiger partial charge in [-0.15, -0.1) is 34.0 Å². The van der Waals surface area contributed by atoms with Crippen LogP contribution in [0.2, 0.25) is 0 Å². The molecule has 80 valence electrons. The lowest BCUT2D eigenvalue weighted by molar-refractivity contribution is 1.83. The second-order valence-electron chi connectivity index (χ2n) is 3.24. The van der Waals surface area contributed by atoms with Crippen LogP contribution in [0.15, 0.2) is 44.9 Å². The van der Waals surface area contributed by atoms with Gasteiger partial charge in [0.15, 0.2) is 0 Å². The fraction of sp³-hybridized carbons (Fsp3) is 0. The van der Waals surface area contributed by atoms with E-state index >= 15 is 0 Å². The van der Waals surface area contributed by atoms with E-state index in [-0.39, 0.29) is 0 Å². The molecule has 0 unspecified atom stereocenters. The van der Waals surface area contributed by atoms with Gasteiger partial charge in [-0.1, -0.05) is 6.07 Å². The van der Waals surface area contributed by atoms with E-state index in [1.54, 1.807) is 34.0 Å². The normalized spacial score (nSPS) is 10.8. The summed E-state index contributed by atoms with van der Waals surface area (Å²) in [6, 6.07) is 8.60. The van der Waals surface area contributed by atoms with E-state index in [9.17, 15) is 0 Å². The second-order valence-corrected chi connectivity index (χ2v) is 6.87. The maximum atomic E-state index is 3.61. The third-order valence-corrected chi connectivity index (χ3v) is 6.09. The molecular formula is C12H7BrS3. The van der Waals surface area contributed by atoms with Gasteiger partial charge in [0.05, 0.1) is 9.75 Å². The Morgan fingerprint density at radius 1 is 0.812 bits per heavy atom. The first kappa shape index (κ1) is 10.7. The Bertz CT molecular complexity index is 589. The van der Waals surface area contributed by atoms with Crippen LogP contribution in [0.4, 0.5) is 0 Å². The molecule has 3 aromatic rings. The van der Waals surface area contributed by atoms with Gasteiger partial charge < -0.3 is 0 Å². The van der Waals surface area contributed by atoms with Gasteiger partial charge in [0.25, 0.3) is 0 Å². The molecule has 0 aliphatic carbocycles. The smallest absolute Gasteiger partial charge is 0.0591 e. The zero-order valence-electron chi connectivity index (χ0n) is 8.14. The van der Waals surface area contributed by atoms with Crippen molar-refractivity contribution in [3.8, 4) is 20.2 Å². The summed E-state index contributed by atoms with van der Waals surface area (Å²) in [5, 5.41) is 6.41. The van der Waals surface area contributed by atoms with Crippen molar-refractivity contribution in [2.24, 2.45) is 0 Å². The zero-order chi connectivity index (χ0) is 11.0. The first-order valence-electron chi connectivity index (χ1n) is 4.71. The average Bonchev–Trinajstić information content (AvgIpc) is 2.95. The Morgan fingerprint density at radius 3 is 2.31 bits per heavy atom. The quantitative estimate of drug-likeness (QED) is 0.544. The minimum atomic E-state index is 1.19. The van der Waals surface area contributed by atoms with Crippen LogP contribution in [0, 0.1) is 0 Å². The number of hydrogen-bond acceptors (Lipinski definition) is 3. The molecule has 0 saturated heterocycles. The van der Waals surface area contributed by atoms with Gasteiger partial charge in [-0.3, -0.25) is 0 Å². The molecule has 0 amide bonds. The van der Waals surface area contributed by atoms with Crippen LogP contribution in [0.3, 0.4) is 0 Å². The van der Waals surface area contributed by atoms with Crippen molar-refractivity contribution >= 4 is 49.9 Å². The predicted octanol–water partition coefficient (Wildman–Crippen LogP) is 5.97. The highest BCUT2D eigenvalue weighted by Gasteiger charge is 2.13. The molecule has 0 radical (unpaired) electrons. The summed E-state index contributed by atoms with van der Waals surface area (Å²) in [6.07, 6.45) is 0. The Balaban J connectivity index is 2.17. The maximum absolute atomic E-state index is 3.61. The lowest BCUT2D eigenvalue weighted by atomic mass is 10.2. The van der Waals surface area contributed by atoms with Crippen LogP contribution in [-0.4, -0.2) is 0 Å². The van der Waals surface area contributed by atoms with Crippen molar-refractivity contribution < 1.29 is 0 Å². The predicted molar refractivity (Wildman–Crippen MR) is 78.6 cm³/mol. The van der Waals surface area contributed by atoms with Crippen LogP contribution in [0.25, 0.3) is 20.2 Å². The van der Waals surface area contributed by atoms with E-state index in [1.807, 2.05) is 0 Å². The largest absolute Gasteiger partial charge is 0.144 e. The minimum Gasteiger partial charge on any atom is -0.144 e. The Kier molecular flexibility index (Phi) is 2.98. The van der Waals surface area contributed by atoms with Gasteiger partial charge in [-0.05, 0) is 50.3 Å². The summed E-state index contributed by atoms with van der Waals surface area (Å²) in [5.41, 5.74) is 1.35. The van der Waals surface area contributed by atoms with Gasteiger partial charge in [0.1, 0.15) is 0 Å². The molecule has 0 fully saturated rings. The van der Waals surface area contributed by atoms with E-state index < -0.39 is 0 Å². The molecule has 4 heteroatoms. The van der Waals surface area contributed by atoms with E-state index in [4.69, 9.17) is 0 Å². The molecule has 0 aromatic carbocycles. The van der Waals surface area contributed by atoms with Crippen molar-refractivity contribution in [2.75, 3.05) is 0 Å². The molecule has 0 bridgehead atoms. The third kappa shape index (κ3) is 1.80. The summed E-state index contributed by atoms with van der Waals surface area (Å²) < 4.78 is 1.19. The van der Waals surface area contributed by atoms with Crippen molar-refractivity contribution in [1.29, 1.82) is 0 Å². The van der Waals surface area contributed by atoms with Crippen LogP contribution in [0.5, 0.6) is 0 Å². The van der Waals surface area contributed by atoms with Gasteiger partial charge in [-0.25, -0.2) is 0 Å². The number of rotatable bonds is 2. The fourth-order valence-corrected chi connectivity index (χ4v) is 5.19. The number of halogens is 1. The van der Waals surface area contributed by atoms with E-state index in [2.05, 4.69) is 56.3 Å². The van der Waals surface area contributed by atoms with Crippen LogP contribution >= 0.6 is 49.9 Å². The molecule has 0 saturated carbocycles. The molecule has 3 rings (SSSR count). The van der Waals surface area contributed by atoms with Gasteiger partial charge in [0, 0.05) is 14.9 Å². The SMILES string of the molecule is Brc1ccsc1-c1sccc1-c1cccs1. The lowest BCUT2D eigenvalue weighted by Crippen LogP contribution is -1.71. The van der Waals surface area contributed by atoms with Crippen LogP contribution in [0.1, 0.15) is 0 Å². The standard InChI is InChI=1S/C12H7BrS3/c13-9-4-7-16-12(9)11-8(3-6-15-11)10-2-1-5-14-10/h1-7H.